The fraction of sp³-hybridized carbons (Fsp3) is 0.429. The maximum atomic E-state index is 12.3. The normalized spacial score (nSPS) is 23.0. The molecule has 0 radical (unpaired) electrons. The molecule has 26 heavy (non-hydrogen) atoms. The van der Waals surface area contributed by atoms with Crippen molar-refractivity contribution in [1.82, 2.24) is 20.1 Å². The van der Waals surface area contributed by atoms with Crippen LogP contribution in [0.5, 0.6) is 0 Å². The van der Waals surface area contributed by atoms with Gasteiger partial charge in [-0.3, -0.25) is 9.78 Å². The highest BCUT2D eigenvalue weighted by atomic mass is 16.2. The van der Waals surface area contributed by atoms with Crippen LogP contribution in [0.25, 0.3) is 11.1 Å². The highest BCUT2D eigenvalue weighted by Gasteiger charge is 2.38. The minimum atomic E-state index is 0.233. The number of likely N-dealkylation sites (N-methyl/N-ethyl adjacent to an activating group) is 1. The largest absolute Gasteiger partial charge is 0.339 e. The van der Waals surface area contributed by atoms with E-state index in [4.69, 9.17) is 0 Å². The Bertz CT molecular complexity index is 738. The van der Waals surface area contributed by atoms with Crippen LogP contribution < -0.4 is 5.32 Å². The number of piperazine rings is 1. The van der Waals surface area contributed by atoms with Gasteiger partial charge in [-0.2, -0.15) is 0 Å². The SMILES string of the molecule is CN1CCN(C(=O)CNC2CC2c2ccc(-c3ccncc3)cc2)CC1. The van der Waals surface area contributed by atoms with E-state index in [1.165, 1.54) is 16.7 Å². The van der Waals surface area contributed by atoms with Gasteiger partial charge in [0.1, 0.15) is 0 Å². The van der Waals surface area contributed by atoms with Gasteiger partial charge in [-0.15, -0.1) is 0 Å². The third kappa shape index (κ3) is 3.94. The van der Waals surface area contributed by atoms with E-state index in [1.807, 2.05) is 29.4 Å². The standard InChI is InChI=1S/C21H26N4O/c1-24-10-12-25(13-11-24)21(26)15-23-20-14-19(20)18-4-2-16(3-5-18)17-6-8-22-9-7-17/h2-9,19-20,23H,10-15H2,1H3. The van der Waals surface area contributed by atoms with Gasteiger partial charge in [0.05, 0.1) is 6.54 Å². The molecular formula is C21H26N4O. The van der Waals surface area contributed by atoms with E-state index >= 15 is 0 Å². The predicted octanol–water partition coefficient (Wildman–Crippen LogP) is 1.97. The van der Waals surface area contributed by atoms with Crippen LogP contribution in [-0.2, 0) is 4.79 Å². The fourth-order valence-electron chi connectivity index (χ4n) is 3.64. The molecule has 1 aliphatic carbocycles. The number of hydrogen-bond donors (Lipinski definition) is 1. The van der Waals surface area contributed by atoms with Crippen LogP contribution in [0, 0.1) is 0 Å². The van der Waals surface area contributed by atoms with Crippen molar-refractivity contribution in [3.63, 3.8) is 0 Å². The predicted molar refractivity (Wildman–Crippen MR) is 103 cm³/mol. The zero-order valence-electron chi connectivity index (χ0n) is 15.3. The van der Waals surface area contributed by atoms with E-state index in [-0.39, 0.29) is 5.91 Å². The Morgan fingerprint density at radius 3 is 2.38 bits per heavy atom. The molecule has 2 aliphatic rings. The zero-order valence-corrected chi connectivity index (χ0v) is 15.3. The van der Waals surface area contributed by atoms with Crippen molar-refractivity contribution in [3.8, 4) is 11.1 Å². The van der Waals surface area contributed by atoms with Gasteiger partial charge in [0.25, 0.3) is 0 Å². The molecule has 1 aromatic carbocycles. The number of rotatable bonds is 5. The minimum absolute atomic E-state index is 0.233. The molecule has 2 fully saturated rings. The second-order valence-corrected chi connectivity index (χ2v) is 7.37. The molecule has 0 bridgehead atoms. The molecule has 5 nitrogen and oxygen atoms in total. The molecule has 1 aromatic heterocycles. The van der Waals surface area contributed by atoms with Crippen LogP contribution in [0.2, 0.25) is 0 Å². The third-order valence-electron chi connectivity index (χ3n) is 5.51. The Kier molecular flexibility index (Phi) is 5.00. The minimum Gasteiger partial charge on any atom is -0.339 e. The van der Waals surface area contributed by atoms with Gasteiger partial charge >= 0.3 is 0 Å². The summed E-state index contributed by atoms with van der Waals surface area (Å²) in [5.41, 5.74) is 3.76. The summed E-state index contributed by atoms with van der Waals surface area (Å²) in [4.78, 5) is 20.6. The molecule has 2 heterocycles. The number of aromatic nitrogens is 1. The van der Waals surface area contributed by atoms with Crippen molar-refractivity contribution in [1.29, 1.82) is 0 Å². The first-order valence-electron chi connectivity index (χ1n) is 9.41. The molecule has 1 aliphatic heterocycles. The Morgan fingerprint density at radius 2 is 1.69 bits per heavy atom. The number of carbonyl (C=O) groups excluding carboxylic acids is 1. The van der Waals surface area contributed by atoms with Crippen molar-refractivity contribution in [3.05, 3.63) is 54.4 Å². The average molecular weight is 350 g/mol. The lowest BCUT2D eigenvalue weighted by molar-refractivity contribution is -0.131. The van der Waals surface area contributed by atoms with Gasteiger partial charge < -0.3 is 15.1 Å². The fourth-order valence-corrected chi connectivity index (χ4v) is 3.64. The summed E-state index contributed by atoms with van der Waals surface area (Å²) in [6, 6.07) is 13.3. The molecule has 2 aromatic rings. The quantitative estimate of drug-likeness (QED) is 0.896. The second kappa shape index (κ2) is 7.56. The van der Waals surface area contributed by atoms with Gasteiger partial charge in [-0.1, -0.05) is 24.3 Å². The second-order valence-electron chi connectivity index (χ2n) is 7.37. The van der Waals surface area contributed by atoms with Crippen LogP contribution >= 0.6 is 0 Å². The molecule has 136 valence electrons. The molecule has 1 amide bonds. The topological polar surface area (TPSA) is 48.5 Å². The van der Waals surface area contributed by atoms with Crippen LogP contribution in [0.15, 0.2) is 48.8 Å². The van der Waals surface area contributed by atoms with E-state index in [9.17, 15) is 4.79 Å². The smallest absolute Gasteiger partial charge is 0.236 e. The summed E-state index contributed by atoms with van der Waals surface area (Å²) in [7, 11) is 2.11. The lowest BCUT2D eigenvalue weighted by Gasteiger charge is -2.32. The van der Waals surface area contributed by atoms with Crippen LogP contribution in [0.3, 0.4) is 0 Å². The summed E-state index contributed by atoms with van der Waals surface area (Å²) < 4.78 is 0. The van der Waals surface area contributed by atoms with Gasteiger partial charge in [0.15, 0.2) is 0 Å². The molecule has 1 saturated carbocycles. The lowest BCUT2D eigenvalue weighted by atomic mass is 10.0. The number of nitrogens with zero attached hydrogens (tertiary/aromatic N) is 3. The van der Waals surface area contributed by atoms with Crippen molar-refractivity contribution < 1.29 is 4.79 Å². The number of hydrogen-bond acceptors (Lipinski definition) is 4. The van der Waals surface area contributed by atoms with Gasteiger partial charge in [0.2, 0.25) is 5.91 Å². The number of amides is 1. The molecule has 5 heteroatoms. The molecule has 2 unspecified atom stereocenters. The highest BCUT2D eigenvalue weighted by molar-refractivity contribution is 5.78. The average Bonchev–Trinajstić information content (AvgIpc) is 3.47. The van der Waals surface area contributed by atoms with Crippen molar-refractivity contribution in [2.45, 2.75) is 18.4 Å². The van der Waals surface area contributed by atoms with Crippen LogP contribution in [0.4, 0.5) is 0 Å². The zero-order chi connectivity index (χ0) is 17.9. The van der Waals surface area contributed by atoms with E-state index in [0.29, 0.717) is 18.5 Å². The van der Waals surface area contributed by atoms with Crippen molar-refractivity contribution in [2.75, 3.05) is 39.8 Å². The molecule has 1 saturated heterocycles. The highest BCUT2D eigenvalue weighted by Crippen LogP contribution is 2.41. The van der Waals surface area contributed by atoms with Gasteiger partial charge in [-0.05, 0) is 42.3 Å². The summed E-state index contributed by atoms with van der Waals surface area (Å²) in [6.07, 6.45) is 4.76. The Hall–Kier alpha value is -2.24. The first-order valence-corrected chi connectivity index (χ1v) is 9.41. The first kappa shape index (κ1) is 17.2. The third-order valence-corrected chi connectivity index (χ3v) is 5.51. The van der Waals surface area contributed by atoms with E-state index in [1.54, 1.807) is 0 Å². The number of benzene rings is 1. The summed E-state index contributed by atoms with van der Waals surface area (Å²) in [5, 5.41) is 3.45. The van der Waals surface area contributed by atoms with Gasteiger partial charge in [0, 0.05) is 50.5 Å². The Balaban J connectivity index is 1.27. The van der Waals surface area contributed by atoms with E-state index < -0.39 is 0 Å². The van der Waals surface area contributed by atoms with E-state index in [2.05, 4.69) is 46.5 Å². The first-order chi connectivity index (χ1) is 12.7. The van der Waals surface area contributed by atoms with Crippen LogP contribution in [0.1, 0.15) is 17.9 Å². The molecule has 4 rings (SSSR count). The Labute approximate surface area is 155 Å². The monoisotopic (exact) mass is 350 g/mol. The maximum Gasteiger partial charge on any atom is 0.236 e. The summed E-state index contributed by atoms with van der Waals surface area (Å²) >= 11 is 0. The van der Waals surface area contributed by atoms with Gasteiger partial charge in [-0.25, -0.2) is 0 Å². The molecule has 2 atom stereocenters. The van der Waals surface area contributed by atoms with Crippen LogP contribution in [-0.4, -0.2) is 66.5 Å². The van der Waals surface area contributed by atoms with Crippen molar-refractivity contribution in [2.24, 2.45) is 0 Å². The molecule has 1 N–H and O–H groups in total. The molecule has 0 spiro atoms. The lowest BCUT2D eigenvalue weighted by Crippen LogP contribution is -2.49. The Morgan fingerprint density at radius 1 is 1.04 bits per heavy atom. The summed E-state index contributed by atoms with van der Waals surface area (Å²) in [5.74, 6) is 0.763. The molecular weight excluding hydrogens is 324 g/mol. The number of nitrogens with one attached hydrogen (secondary N) is 1. The van der Waals surface area contributed by atoms with Crippen molar-refractivity contribution >= 4 is 5.91 Å². The number of pyridine rings is 1. The summed E-state index contributed by atoms with van der Waals surface area (Å²) in [6.45, 7) is 4.10. The van der Waals surface area contributed by atoms with E-state index in [0.717, 1.165) is 32.6 Å². The number of carbonyl (C=O) groups is 1. The maximum absolute atomic E-state index is 12.3.